The molecule has 0 saturated carbocycles. The number of nitrogens with zero attached hydrogens (tertiary/aromatic N) is 5. The summed E-state index contributed by atoms with van der Waals surface area (Å²) in [5, 5.41) is 1.07. The molecule has 0 N–H and O–H groups in total. The molecule has 37 heavy (non-hydrogen) atoms. The number of benzene rings is 1. The molecule has 0 bridgehead atoms. The maximum absolute atomic E-state index is 12.5. The molecule has 9 nitrogen and oxygen atoms in total. The van der Waals surface area contributed by atoms with Gasteiger partial charge in [0.25, 0.3) is 0 Å². The zero-order valence-electron chi connectivity index (χ0n) is 21.8. The van der Waals surface area contributed by atoms with Gasteiger partial charge in [-0.1, -0.05) is 18.2 Å². The zero-order valence-corrected chi connectivity index (χ0v) is 21.8. The van der Waals surface area contributed by atoms with Crippen molar-refractivity contribution in [3.8, 4) is 17.1 Å². The number of hydrogen-bond donors (Lipinski definition) is 0. The van der Waals surface area contributed by atoms with Crippen molar-refractivity contribution in [3.05, 3.63) is 54.9 Å². The lowest BCUT2D eigenvalue weighted by molar-refractivity contribution is 0.0240. The third-order valence-electron chi connectivity index (χ3n) is 6.27. The van der Waals surface area contributed by atoms with Crippen LogP contribution in [-0.2, 0) is 9.47 Å². The molecule has 0 aliphatic carbocycles. The number of amides is 1. The number of methoxy groups -OCH3 is 1. The van der Waals surface area contributed by atoms with Crippen molar-refractivity contribution in [1.29, 1.82) is 0 Å². The number of carbonyl (C=O) groups excluding carboxylic acids is 1. The highest BCUT2D eigenvalue weighted by Crippen LogP contribution is 2.30. The summed E-state index contributed by atoms with van der Waals surface area (Å²) in [6.07, 6.45) is 3.53. The molecule has 194 valence electrons. The number of aromatic nitrogens is 3. The van der Waals surface area contributed by atoms with Crippen LogP contribution in [0, 0.1) is 0 Å². The minimum absolute atomic E-state index is 0.259. The van der Waals surface area contributed by atoms with Crippen LogP contribution in [0.3, 0.4) is 0 Å². The second-order valence-corrected chi connectivity index (χ2v) is 10.1. The lowest BCUT2D eigenvalue weighted by atomic mass is 10.1. The van der Waals surface area contributed by atoms with Gasteiger partial charge in [-0.3, -0.25) is 4.40 Å². The van der Waals surface area contributed by atoms with Crippen LogP contribution in [0.5, 0.6) is 5.75 Å². The quantitative estimate of drug-likeness (QED) is 0.355. The first-order valence-electron chi connectivity index (χ1n) is 12.5. The fourth-order valence-electron chi connectivity index (χ4n) is 4.47. The molecular formula is C28H33N5O4. The number of hydrogen-bond acceptors (Lipinski definition) is 7. The monoisotopic (exact) mass is 503 g/mol. The maximum atomic E-state index is 12.5. The summed E-state index contributed by atoms with van der Waals surface area (Å²) in [5.74, 6) is 0.751. The third kappa shape index (κ3) is 5.46. The molecule has 0 radical (unpaired) electrons. The Hall–Kier alpha value is -3.85. The van der Waals surface area contributed by atoms with Gasteiger partial charge < -0.3 is 24.0 Å². The molecule has 0 unspecified atom stereocenters. The van der Waals surface area contributed by atoms with Gasteiger partial charge in [-0.25, -0.2) is 14.8 Å². The van der Waals surface area contributed by atoms with E-state index in [-0.39, 0.29) is 6.09 Å². The Labute approximate surface area is 216 Å². The fraction of sp³-hybridized carbons (Fsp3) is 0.393. The largest absolute Gasteiger partial charge is 0.491 e. The smallest absolute Gasteiger partial charge is 0.410 e. The molecule has 3 aromatic heterocycles. The van der Waals surface area contributed by atoms with Gasteiger partial charge in [-0.15, -0.1) is 0 Å². The highest BCUT2D eigenvalue weighted by molar-refractivity contribution is 5.92. The number of piperazine rings is 1. The van der Waals surface area contributed by atoms with Crippen LogP contribution in [0.4, 0.5) is 10.5 Å². The first kappa shape index (κ1) is 24.8. The normalized spacial score (nSPS) is 14.4. The van der Waals surface area contributed by atoms with Crippen LogP contribution < -0.4 is 9.64 Å². The van der Waals surface area contributed by atoms with E-state index in [4.69, 9.17) is 19.2 Å². The molecule has 1 amide bonds. The van der Waals surface area contributed by atoms with Gasteiger partial charge in [0.1, 0.15) is 23.6 Å². The predicted octanol–water partition coefficient (Wildman–Crippen LogP) is 4.63. The zero-order chi connectivity index (χ0) is 26.0. The Bertz CT molecular complexity index is 1400. The first-order valence-corrected chi connectivity index (χ1v) is 12.5. The van der Waals surface area contributed by atoms with E-state index in [9.17, 15) is 4.79 Å². The molecular weight excluding hydrogens is 470 g/mol. The van der Waals surface area contributed by atoms with Gasteiger partial charge in [0.2, 0.25) is 0 Å². The summed E-state index contributed by atoms with van der Waals surface area (Å²) < 4.78 is 18.3. The third-order valence-corrected chi connectivity index (χ3v) is 6.27. The molecule has 1 aliphatic heterocycles. The van der Waals surface area contributed by atoms with Gasteiger partial charge in [-0.2, -0.15) is 0 Å². The fourth-order valence-corrected chi connectivity index (χ4v) is 4.47. The Kier molecular flexibility index (Phi) is 6.88. The van der Waals surface area contributed by atoms with Crippen LogP contribution in [-0.4, -0.2) is 77.5 Å². The van der Waals surface area contributed by atoms with E-state index >= 15 is 0 Å². The van der Waals surface area contributed by atoms with Gasteiger partial charge in [0.05, 0.1) is 35.4 Å². The number of carbonyl (C=O) groups is 1. The topological polar surface area (TPSA) is 81.4 Å². The predicted molar refractivity (Wildman–Crippen MR) is 143 cm³/mol. The van der Waals surface area contributed by atoms with Crippen LogP contribution in [0.2, 0.25) is 0 Å². The van der Waals surface area contributed by atoms with Crippen molar-refractivity contribution in [2.75, 3.05) is 51.4 Å². The number of imidazole rings is 1. The number of para-hydroxylation sites is 1. The van der Waals surface area contributed by atoms with E-state index in [1.165, 1.54) is 0 Å². The van der Waals surface area contributed by atoms with E-state index in [1.54, 1.807) is 12.0 Å². The second kappa shape index (κ2) is 10.3. The standard InChI is InChI=1S/C28H33N5O4/c1-28(2,3)37-27(34)32-14-12-31(13-15-32)23-7-5-6-20-8-9-22(30-26(20)23)24-19-29-25-18-21(10-11-33(24)25)36-17-16-35-4/h5-11,18-19H,12-17H2,1-4H3. The van der Waals surface area contributed by atoms with Crippen molar-refractivity contribution in [3.63, 3.8) is 0 Å². The molecule has 4 heterocycles. The Morgan fingerprint density at radius 3 is 2.59 bits per heavy atom. The highest BCUT2D eigenvalue weighted by Gasteiger charge is 2.26. The Morgan fingerprint density at radius 2 is 1.84 bits per heavy atom. The second-order valence-electron chi connectivity index (χ2n) is 10.1. The van der Waals surface area contributed by atoms with E-state index in [0.29, 0.717) is 39.4 Å². The van der Waals surface area contributed by atoms with E-state index < -0.39 is 5.60 Å². The number of ether oxygens (including phenoxy) is 3. The average molecular weight is 504 g/mol. The van der Waals surface area contributed by atoms with Gasteiger partial charge >= 0.3 is 6.09 Å². The number of pyridine rings is 2. The SMILES string of the molecule is COCCOc1ccn2c(-c3ccc4cccc(N5CCN(C(=O)OC(C)(C)C)CC5)c4n3)cnc2c1. The molecule has 0 atom stereocenters. The lowest BCUT2D eigenvalue weighted by Crippen LogP contribution is -2.50. The van der Waals surface area contributed by atoms with Gasteiger partial charge in [0, 0.05) is 50.9 Å². The summed E-state index contributed by atoms with van der Waals surface area (Å²) in [6.45, 7) is 9.32. The maximum Gasteiger partial charge on any atom is 0.410 e. The number of rotatable bonds is 6. The Morgan fingerprint density at radius 1 is 1.03 bits per heavy atom. The highest BCUT2D eigenvalue weighted by atomic mass is 16.6. The summed E-state index contributed by atoms with van der Waals surface area (Å²) in [4.78, 5) is 26.2. The summed E-state index contributed by atoms with van der Waals surface area (Å²) >= 11 is 0. The molecule has 0 spiro atoms. The van der Waals surface area contributed by atoms with Gasteiger partial charge in [-0.05, 0) is 39.0 Å². The molecule has 5 rings (SSSR count). The van der Waals surface area contributed by atoms with E-state index in [0.717, 1.165) is 39.4 Å². The summed E-state index contributed by atoms with van der Waals surface area (Å²) in [5.41, 5.74) is 4.03. The van der Waals surface area contributed by atoms with Crippen molar-refractivity contribution >= 4 is 28.3 Å². The van der Waals surface area contributed by atoms with Crippen LogP contribution in [0.15, 0.2) is 54.9 Å². The molecule has 9 heteroatoms. The van der Waals surface area contributed by atoms with E-state index in [1.807, 2.05) is 55.8 Å². The van der Waals surface area contributed by atoms with Crippen molar-refractivity contribution in [1.82, 2.24) is 19.3 Å². The van der Waals surface area contributed by atoms with Crippen LogP contribution in [0.1, 0.15) is 20.8 Å². The van der Waals surface area contributed by atoms with Crippen molar-refractivity contribution in [2.45, 2.75) is 26.4 Å². The molecule has 4 aromatic rings. The molecule has 1 aromatic carbocycles. The number of fused-ring (bicyclic) bond motifs is 2. The minimum atomic E-state index is -0.499. The minimum Gasteiger partial charge on any atom is -0.491 e. The van der Waals surface area contributed by atoms with Crippen molar-refractivity contribution < 1.29 is 19.0 Å². The lowest BCUT2D eigenvalue weighted by Gasteiger charge is -2.37. The number of anilines is 1. The Balaban J connectivity index is 1.38. The summed E-state index contributed by atoms with van der Waals surface area (Å²) in [6, 6.07) is 14.2. The van der Waals surface area contributed by atoms with E-state index in [2.05, 4.69) is 34.1 Å². The molecule has 1 fully saturated rings. The van der Waals surface area contributed by atoms with Crippen LogP contribution in [0.25, 0.3) is 27.9 Å². The first-order chi connectivity index (χ1) is 17.8. The van der Waals surface area contributed by atoms with Crippen LogP contribution >= 0.6 is 0 Å². The van der Waals surface area contributed by atoms with Crippen molar-refractivity contribution in [2.24, 2.45) is 0 Å². The average Bonchev–Trinajstić information content (AvgIpc) is 3.31. The molecule has 1 saturated heterocycles. The molecule has 1 aliphatic rings. The van der Waals surface area contributed by atoms with Gasteiger partial charge in [0.15, 0.2) is 0 Å². The summed E-state index contributed by atoms with van der Waals surface area (Å²) in [7, 11) is 1.65.